The zero-order chi connectivity index (χ0) is 18.4. The minimum atomic E-state index is -3.38. The summed E-state index contributed by atoms with van der Waals surface area (Å²) >= 11 is 0. The Labute approximate surface area is 150 Å². The molecule has 1 saturated heterocycles. The quantitative estimate of drug-likeness (QED) is 0.699. The molecule has 0 radical (unpaired) electrons. The van der Waals surface area contributed by atoms with Crippen molar-refractivity contribution in [3.63, 3.8) is 0 Å². The van der Waals surface area contributed by atoms with Crippen LogP contribution < -0.4 is 4.74 Å². The second-order valence-electron chi connectivity index (χ2n) is 6.33. The van der Waals surface area contributed by atoms with E-state index in [4.69, 9.17) is 4.74 Å². The highest BCUT2D eigenvalue weighted by atomic mass is 32.2. The van der Waals surface area contributed by atoms with E-state index < -0.39 is 10.2 Å². The summed E-state index contributed by atoms with van der Waals surface area (Å²) in [6.45, 7) is 5.36. The van der Waals surface area contributed by atoms with E-state index in [2.05, 4.69) is 4.90 Å². The molecule has 0 saturated carbocycles. The number of ether oxygens (including phenoxy) is 1. The van der Waals surface area contributed by atoms with Crippen molar-refractivity contribution in [2.45, 2.75) is 26.3 Å². The molecule has 1 aliphatic heterocycles. The summed E-state index contributed by atoms with van der Waals surface area (Å²) in [6, 6.07) is 4.93. The van der Waals surface area contributed by atoms with Crippen molar-refractivity contribution in [3.8, 4) is 5.75 Å². The van der Waals surface area contributed by atoms with E-state index in [9.17, 15) is 12.8 Å². The first-order chi connectivity index (χ1) is 11.9. The number of piperazine rings is 1. The predicted octanol–water partition coefficient (Wildman–Crippen LogP) is 1.93. The third-order valence-corrected chi connectivity index (χ3v) is 6.49. The molecule has 0 N–H and O–H groups in total. The first kappa shape index (κ1) is 20.1. The van der Waals surface area contributed by atoms with E-state index in [0.29, 0.717) is 39.3 Å². The molecule has 1 aliphatic rings. The van der Waals surface area contributed by atoms with Gasteiger partial charge in [0.2, 0.25) is 0 Å². The molecule has 1 heterocycles. The van der Waals surface area contributed by atoms with Gasteiger partial charge in [-0.3, -0.25) is 4.90 Å². The van der Waals surface area contributed by atoms with Gasteiger partial charge in [-0.1, -0.05) is 19.4 Å². The fourth-order valence-electron chi connectivity index (χ4n) is 2.88. The number of halogens is 1. The fourth-order valence-corrected chi connectivity index (χ4v) is 4.26. The van der Waals surface area contributed by atoms with Gasteiger partial charge in [-0.25, -0.2) is 4.39 Å². The average Bonchev–Trinajstić information content (AvgIpc) is 2.60. The van der Waals surface area contributed by atoms with Crippen LogP contribution in [0, 0.1) is 5.82 Å². The van der Waals surface area contributed by atoms with Gasteiger partial charge in [-0.2, -0.15) is 17.0 Å². The van der Waals surface area contributed by atoms with E-state index in [1.54, 1.807) is 13.1 Å². The molecule has 1 aromatic carbocycles. The Bertz CT molecular complexity index is 661. The third kappa shape index (κ3) is 5.13. The Hall–Kier alpha value is -1.22. The summed E-state index contributed by atoms with van der Waals surface area (Å²) in [6.07, 6.45) is 1.82. The maximum absolute atomic E-state index is 13.8. The highest BCUT2D eigenvalue weighted by molar-refractivity contribution is 7.86. The number of methoxy groups -OCH3 is 1. The molecular formula is C17H28FN3O3S. The Morgan fingerprint density at radius 2 is 1.92 bits per heavy atom. The minimum absolute atomic E-state index is 0.231. The van der Waals surface area contributed by atoms with Gasteiger partial charge in [-0.05, 0) is 24.1 Å². The van der Waals surface area contributed by atoms with Crippen molar-refractivity contribution in [1.29, 1.82) is 0 Å². The predicted molar refractivity (Wildman–Crippen MR) is 96.3 cm³/mol. The summed E-state index contributed by atoms with van der Waals surface area (Å²) in [7, 11) is -0.307. The SMILES string of the molecule is CCCCN(C)S(=O)(=O)N1CCN(Cc2ccc(OC)c(F)c2)CC1. The second kappa shape index (κ2) is 8.93. The Kier molecular flexibility index (Phi) is 7.18. The number of nitrogens with zero attached hydrogens (tertiary/aromatic N) is 3. The summed E-state index contributed by atoms with van der Waals surface area (Å²) in [4.78, 5) is 2.14. The van der Waals surface area contributed by atoms with Gasteiger partial charge in [0, 0.05) is 46.3 Å². The largest absolute Gasteiger partial charge is 0.494 e. The van der Waals surface area contributed by atoms with Gasteiger partial charge in [0.05, 0.1) is 7.11 Å². The zero-order valence-corrected chi connectivity index (χ0v) is 16.1. The standard InChI is InChI=1S/C17H28FN3O3S/c1-4-5-8-19(2)25(22,23)21-11-9-20(10-12-21)14-15-6-7-17(24-3)16(18)13-15/h6-7,13H,4-5,8-12,14H2,1-3H3. The zero-order valence-electron chi connectivity index (χ0n) is 15.2. The molecule has 0 unspecified atom stereocenters. The van der Waals surface area contributed by atoms with Crippen LogP contribution in [-0.2, 0) is 16.8 Å². The lowest BCUT2D eigenvalue weighted by Crippen LogP contribution is -2.52. The van der Waals surface area contributed by atoms with Gasteiger partial charge in [-0.15, -0.1) is 0 Å². The number of benzene rings is 1. The van der Waals surface area contributed by atoms with Crippen LogP contribution in [0.5, 0.6) is 5.75 Å². The van der Waals surface area contributed by atoms with Gasteiger partial charge in [0.15, 0.2) is 11.6 Å². The normalized spacial score (nSPS) is 17.2. The summed E-state index contributed by atoms with van der Waals surface area (Å²) < 4.78 is 46.8. The van der Waals surface area contributed by atoms with E-state index in [1.807, 2.05) is 13.0 Å². The highest BCUT2D eigenvalue weighted by Gasteiger charge is 2.29. The molecule has 0 aliphatic carbocycles. The van der Waals surface area contributed by atoms with Crippen LogP contribution in [0.3, 0.4) is 0 Å². The molecule has 0 atom stereocenters. The smallest absolute Gasteiger partial charge is 0.281 e. The monoisotopic (exact) mass is 373 g/mol. The fraction of sp³-hybridized carbons (Fsp3) is 0.647. The average molecular weight is 373 g/mol. The number of unbranched alkanes of at least 4 members (excludes halogenated alkanes) is 1. The Morgan fingerprint density at radius 3 is 2.48 bits per heavy atom. The van der Waals surface area contributed by atoms with Crippen LogP contribution >= 0.6 is 0 Å². The van der Waals surface area contributed by atoms with E-state index in [0.717, 1.165) is 18.4 Å². The molecule has 8 heteroatoms. The van der Waals surface area contributed by atoms with Crippen LogP contribution in [0.2, 0.25) is 0 Å². The lowest BCUT2D eigenvalue weighted by atomic mass is 10.2. The molecule has 0 aromatic heterocycles. The van der Waals surface area contributed by atoms with Crippen molar-refractivity contribution in [2.75, 3.05) is 46.9 Å². The van der Waals surface area contributed by atoms with Gasteiger partial charge in [0.25, 0.3) is 10.2 Å². The molecule has 25 heavy (non-hydrogen) atoms. The number of hydrogen-bond donors (Lipinski definition) is 0. The molecule has 6 nitrogen and oxygen atoms in total. The Balaban J connectivity index is 1.90. The van der Waals surface area contributed by atoms with Crippen LogP contribution in [0.25, 0.3) is 0 Å². The van der Waals surface area contributed by atoms with Crippen LogP contribution in [0.4, 0.5) is 4.39 Å². The molecule has 1 fully saturated rings. The van der Waals surface area contributed by atoms with Gasteiger partial charge < -0.3 is 4.74 Å². The van der Waals surface area contributed by atoms with E-state index in [-0.39, 0.29) is 11.6 Å². The summed E-state index contributed by atoms with van der Waals surface area (Å²) in [5.74, 6) is -0.145. The lowest BCUT2D eigenvalue weighted by molar-refractivity contribution is 0.176. The number of rotatable bonds is 8. The third-order valence-electron chi connectivity index (χ3n) is 4.50. The number of hydrogen-bond acceptors (Lipinski definition) is 4. The highest BCUT2D eigenvalue weighted by Crippen LogP contribution is 2.20. The lowest BCUT2D eigenvalue weighted by Gasteiger charge is -2.35. The molecule has 142 valence electrons. The van der Waals surface area contributed by atoms with Crippen molar-refractivity contribution in [3.05, 3.63) is 29.6 Å². The summed E-state index contributed by atoms with van der Waals surface area (Å²) in [5.41, 5.74) is 0.856. The van der Waals surface area contributed by atoms with Crippen molar-refractivity contribution in [2.24, 2.45) is 0 Å². The first-order valence-corrected chi connectivity index (χ1v) is 10.0. The topological polar surface area (TPSA) is 53.1 Å². The molecule has 2 rings (SSSR count). The molecule has 0 bridgehead atoms. The summed E-state index contributed by atoms with van der Waals surface area (Å²) in [5, 5.41) is 0. The van der Waals surface area contributed by atoms with Crippen molar-refractivity contribution < 1.29 is 17.5 Å². The molecular weight excluding hydrogens is 345 g/mol. The first-order valence-electron chi connectivity index (χ1n) is 8.64. The molecule has 0 spiro atoms. The Morgan fingerprint density at radius 1 is 1.24 bits per heavy atom. The molecule has 1 aromatic rings. The van der Waals surface area contributed by atoms with Crippen molar-refractivity contribution >= 4 is 10.2 Å². The minimum Gasteiger partial charge on any atom is -0.494 e. The van der Waals surface area contributed by atoms with Crippen LogP contribution in [-0.4, -0.2) is 68.8 Å². The maximum atomic E-state index is 13.8. The maximum Gasteiger partial charge on any atom is 0.281 e. The van der Waals surface area contributed by atoms with Crippen LogP contribution in [0.15, 0.2) is 18.2 Å². The van der Waals surface area contributed by atoms with Gasteiger partial charge in [0.1, 0.15) is 0 Å². The van der Waals surface area contributed by atoms with Crippen molar-refractivity contribution in [1.82, 2.24) is 13.5 Å². The second-order valence-corrected chi connectivity index (χ2v) is 8.36. The molecule has 0 amide bonds. The van der Waals surface area contributed by atoms with E-state index >= 15 is 0 Å². The van der Waals surface area contributed by atoms with Gasteiger partial charge >= 0.3 is 0 Å². The van der Waals surface area contributed by atoms with E-state index in [1.165, 1.54) is 21.8 Å². The van der Waals surface area contributed by atoms with Crippen LogP contribution in [0.1, 0.15) is 25.3 Å².